The Kier molecular flexibility index (Phi) is 4.57. The van der Waals surface area contributed by atoms with E-state index in [2.05, 4.69) is 21.2 Å². The van der Waals surface area contributed by atoms with Gasteiger partial charge in [-0.05, 0) is 53.5 Å². The van der Waals surface area contributed by atoms with E-state index in [4.69, 9.17) is 0 Å². The predicted molar refractivity (Wildman–Crippen MR) is 84.0 cm³/mol. The number of nitro benzene ring substituents is 1. The lowest BCUT2D eigenvalue weighted by Gasteiger charge is -2.16. The molecule has 0 heterocycles. The van der Waals surface area contributed by atoms with Gasteiger partial charge in [-0.15, -0.1) is 0 Å². The van der Waals surface area contributed by atoms with Crippen molar-refractivity contribution in [3.05, 3.63) is 67.9 Å². The number of nitro groups is 1. The van der Waals surface area contributed by atoms with Crippen molar-refractivity contribution in [3.8, 4) is 0 Å². The van der Waals surface area contributed by atoms with Crippen LogP contribution in [0.25, 0.3) is 0 Å². The maximum Gasteiger partial charge on any atom is 0.272 e. The van der Waals surface area contributed by atoms with Crippen LogP contribution in [0.15, 0.2) is 40.9 Å². The Hall–Kier alpha value is -1.95. The van der Waals surface area contributed by atoms with E-state index < -0.39 is 4.92 Å². The van der Waals surface area contributed by atoms with E-state index in [-0.39, 0.29) is 17.5 Å². The van der Waals surface area contributed by atoms with Gasteiger partial charge >= 0.3 is 0 Å². The predicted octanol–water partition coefficient (Wildman–Crippen LogP) is 4.98. The van der Waals surface area contributed by atoms with Gasteiger partial charge in [0.05, 0.1) is 9.40 Å². The summed E-state index contributed by atoms with van der Waals surface area (Å²) in [6, 6.07) is 9.65. The largest absolute Gasteiger partial charge is 0.378 e. The second kappa shape index (κ2) is 6.22. The topological polar surface area (TPSA) is 55.2 Å². The fourth-order valence-electron chi connectivity index (χ4n) is 2.01. The van der Waals surface area contributed by atoms with Gasteiger partial charge in [-0.2, -0.15) is 0 Å². The molecule has 0 bridgehead atoms. The van der Waals surface area contributed by atoms with Gasteiger partial charge in [0.25, 0.3) is 5.69 Å². The number of nitrogens with zero attached hydrogens (tertiary/aromatic N) is 1. The minimum absolute atomic E-state index is 0.0862. The fourth-order valence-corrected chi connectivity index (χ4v) is 2.26. The highest BCUT2D eigenvalue weighted by atomic mass is 79.9. The van der Waals surface area contributed by atoms with Gasteiger partial charge in [0, 0.05) is 23.4 Å². The van der Waals surface area contributed by atoms with Gasteiger partial charge in [-0.25, -0.2) is 4.39 Å². The van der Waals surface area contributed by atoms with Gasteiger partial charge in [-0.3, -0.25) is 10.1 Å². The van der Waals surface area contributed by atoms with Crippen LogP contribution in [0.5, 0.6) is 0 Å². The van der Waals surface area contributed by atoms with Crippen LogP contribution in [-0.4, -0.2) is 4.92 Å². The molecule has 0 saturated carbocycles. The maximum absolute atomic E-state index is 13.5. The van der Waals surface area contributed by atoms with Gasteiger partial charge in [0.1, 0.15) is 5.82 Å². The first kappa shape index (κ1) is 15.4. The molecule has 1 unspecified atom stereocenters. The quantitative estimate of drug-likeness (QED) is 0.623. The molecule has 110 valence electrons. The van der Waals surface area contributed by atoms with Crippen LogP contribution in [0.3, 0.4) is 0 Å². The Balaban J connectivity index is 2.23. The van der Waals surface area contributed by atoms with Crippen molar-refractivity contribution in [1.82, 2.24) is 0 Å². The summed E-state index contributed by atoms with van der Waals surface area (Å²) < 4.78 is 13.9. The number of nitrogens with one attached hydrogen (secondary N) is 1. The van der Waals surface area contributed by atoms with E-state index in [9.17, 15) is 14.5 Å². The van der Waals surface area contributed by atoms with Crippen molar-refractivity contribution in [3.63, 3.8) is 0 Å². The average Bonchev–Trinajstić information content (AvgIpc) is 2.43. The maximum atomic E-state index is 13.5. The molecule has 0 aliphatic carbocycles. The standard InChI is InChI=1S/C15H14BrFN2O2/c1-9-3-4-11(7-15(9)19(20)21)10(2)18-12-5-6-13(16)14(17)8-12/h3-8,10,18H,1-2H3. The Morgan fingerprint density at radius 3 is 2.62 bits per heavy atom. The Morgan fingerprint density at radius 2 is 2.00 bits per heavy atom. The van der Waals surface area contributed by atoms with E-state index in [1.165, 1.54) is 6.07 Å². The van der Waals surface area contributed by atoms with Crippen molar-refractivity contribution >= 4 is 27.3 Å². The Labute approximate surface area is 130 Å². The zero-order valence-corrected chi connectivity index (χ0v) is 13.1. The van der Waals surface area contributed by atoms with Crippen molar-refractivity contribution in [2.75, 3.05) is 5.32 Å². The monoisotopic (exact) mass is 352 g/mol. The van der Waals surface area contributed by atoms with Crippen LogP contribution >= 0.6 is 15.9 Å². The average molecular weight is 353 g/mol. The second-order valence-corrected chi connectivity index (χ2v) is 5.65. The molecule has 2 rings (SSSR count). The molecule has 0 aliphatic heterocycles. The zero-order valence-electron chi connectivity index (χ0n) is 11.6. The van der Waals surface area contributed by atoms with Crippen molar-refractivity contribution in [1.29, 1.82) is 0 Å². The summed E-state index contributed by atoms with van der Waals surface area (Å²) in [5.41, 5.74) is 2.09. The van der Waals surface area contributed by atoms with Crippen LogP contribution < -0.4 is 5.32 Å². The SMILES string of the molecule is Cc1ccc(C(C)Nc2ccc(Br)c(F)c2)cc1[N+](=O)[O-]. The number of hydrogen-bond acceptors (Lipinski definition) is 3. The smallest absolute Gasteiger partial charge is 0.272 e. The molecule has 4 nitrogen and oxygen atoms in total. The van der Waals surface area contributed by atoms with Gasteiger partial charge in [0.2, 0.25) is 0 Å². The highest BCUT2D eigenvalue weighted by Gasteiger charge is 2.14. The lowest BCUT2D eigenvalue weighted by Crippen LogP contribution is -2.07. The summed E-state index contributed by atoms with van der Waals surface area (Å²) in [7, 11) is 0. The Bertz CT molecular complexity index is 691. The summed E-state index contributed by atoms with van der Waals surface area (Å²) >= 11 is 3.10. The summed E-state index contributed by atoms with van der Waals surface area (Å²) in [6.07, 6.45) is 0. The molecule has 2 aromatic carbocycles. The van der Waals surface area contributed by atoms with Crippen molar-refractivity contribution in [2.24, 2.45) is 0 Å². The van der Waals surface area contributed by atoms with E-state index >= 15 is 0 Å². The molecule has 21 heavy (non-hydrogen) atoms. The van der Waals surface area contributed by atoms with Crippen LogP contribution in [0.1, 0.15) is 24.1 Å². The fraction of sp³-hybridized carbons (Fsp3) is 0.200. The lowest BCUT2D eigenvalue weighted by atomic mass is 10.0. The van der Waals surface area contributed by atoms with E-state index in [1.54, 1.807) is 31.2 Å². The molecular formula is C15H14BrFN2O2. The van der Waals surface area contributed by atoms with E-state index in [1.807, 2.05) is 13.0 Å². The summed E-state index contributed by atoms with van der Waals surface area (Å²) in [6.45, 7) is 3.57. The summed E-state index contributed by atoms with van der Waals surface area (Å²) in [4.78, 5) is 10.6. The van der Waals surface area contributed by atoms with Gasteiger partial charge in [0.15, 0.2) is 0 Å². The first-order valence-electron chi connectivity index (χ1n) is 6.35. The number of halogens is 2. The van der Waals surface area contributed by atoms with Gasteiger partial charge in [-0.1, -0.05) is 12.1 Å². The summed E-state index contributed by atoms with van der Waals surface area (Å²) in [5.74, 6) is -0.359. The molecule has 1 N–H and O–H groups in total. The normalized spacial score (nSPS) is 12.0. The molecule has 0 aliphatic rings. The molecular weight excluding hydrogens is 339 g/mol. The third-order valence-corrected chi connectivity index (χ3v) is 3.88. The summed E-state index contributed by atoms with van der Waals surface area (Å²) in [5, 5.41) is 14.1. The van der Waals surface area contributed by atoms with E-state index in [0.29, 0.717) is 15.7 Å². The number of anilines is 1. The first-order chi connectivity index (χ1) is 9.88. The van der Waals surface area contributed by atoms with Crippen molar-refractivity contribution < 1.29 is 9.31 Å². The molecule has 2 aromatic rings. The molecule has 0 radical (unpaired) electrons. The molecule has 0 amide bonds. The molecule has 0 aromatic heterocycles. The molecule has 0 spiro atoms. The Morgan fingerprint density at radius 1 is 1.29 bits per heavy atom. The minimum atomic E-state index is -0.398. The molecule has 0 fully saturated rings. The number of aryl methyl sites for hydroxylation is 1. The van der Waals surface area contributed by atoms with E-state index in [0.717, 1.165) is 5.56 Å². The number of rotatable bonds is 4. The number of hydrogen-bond donors (Lipinski definition) is 1. The third kappa shape index (κ3) is 3.58. The molecule has 0 saturated heterocycles. The minimum Gasteiger partial charge on any atom is -0.378 e. The molecule has 1 atom stereocenters. The first-order valence-corrected chi connectivity index (χ1v) is 7.14. The highest BCUT2D eigenvalue weighted by molar-refractivity contribution is 9.10. The lowest BCUT2D eigenvalue weighted by molar-refractivity contribution is -0.385. The van der Waals surface area contributed by atoms with Gasteiger partial charge < -0.3 is 5.32 Å². The number of benzene rings is 2. The van der Waals surface area contributed by atoms with Crippen LogP contribution in [0, 0.1) is 22.9 Å². The second-order valence-electron chi connectivity index (χ2n) is 4.80. The third-order valence-electron chi connectivity index (χ3n) is 3.23. The van der Waals surface area contributed by atoms with Crippen LogP contribution in [-0.2, 0) is 0 Å². The van der Waals surface area contributed by atoms with Crippen LogP contribution in [0.2, 0.25) is 0 Å². The highest BCUT2D eigenvalue weighted by Crippen LogP contribution is 2.27. The van der Waals surface area contributed by atoms with Crippen LogP contribution in [0.4, 0.5) is 15.8 Å². The van der Waals surface area contributed by atoms with Crippen molar-refractivity contribution in [2.45, 2.75) is 19.9 Å². The molecule has 6 heteroatoms. The zero-order chi connectivity index (χ0) is 15.6.